The van der Waals surface area contributed by atoms with E-state index >= 15 is 0 Å². The quantitative estimate of drug-likeness (QED) is 0.147. The molecule has 8 fully saturated rings. The molecule has 4 saturated heterocycles. The predicted molar refractivity (Wildman–Crippen MR) is 192 cm³/mol. The first-order chi connectivity index (χ1) is 25.3. The molecule has 0 aromatic carbocycles. The van der Waals surface area contributed by atoms with Crippen LogP contribution in [0.15, 0.2) is 11.6 Å². The third kappa shape index (κ3) is 5.58. The van der Waals surface area contributed by atoms with Crippen LogP contribution in [0.4, 0.5) is 0 Å². The van der Waals surface area contributed by atoms with Gasteiger partial charge in [0.05, 0.1) is 38.1 Å². The van der Waals surface area contributed by atoms with Crippen molar-refractivity contribution >= 4 is 0 Å². The Bertz CT molecular complexity index is 1450. The van der Waals surface area contributed by atoms with Gasteiger partial charge in [-0.1, -0.05) is 39.3 Å². The highest BCUT2D eigenvalue weighted by Gasteiger charge is 2.81. The van der Waals surface area contributed by atoms with Crippen LogP contribution in [0.1, 0.15) is 93.4 Å². The smallest absolute Gasteiger partial charge is 0.187 e. The van der Waals surface area contributed by atoms with Gasteiger partial charge in [-0.3, -0.25) is 0 Å². The van der Waals surface area contributed by atoms with E-state index < -0.39 is 79.9 Å². The van der Waals surface area contributed by atoms with Crippen LogP contribution in [0.5, 0.6) is 0 Å². The summed E-state index contributed by atoms with van der Waals surface area (Å²) in [6.07, 6.45) is -3.94. The molecule has 8 rings (SSSR count). The van der Waals surface area contributed by atoms with Gasteiger partial charge in [-0.15, -0.1) is 0 Å². The van der Waals surface area contributed by atoms with Gasteiger partial charge in [-0.25, -0.2) is 0 Å². The fourth-order valence-corrected chi connectivity index (χ4v) is 14.5. The summed E-state index contributed by atoms with van der Waals surface area (Å²) in [7, 11) is 0. The second-order valence-corrected chi connectivity index (χ2v) is 20.2. The lowest BCUT2D eigenvalue weighted by atomic mass is 9.33. The summed E-state index contributed by atoms with van der Waals surface area (Å²) in [6, 6.07) is 0. The summed E-state index contributed by atoms with van der Waals surface area (Å²) < 4.78 is 37.8. The first-order valence-electron chi connectivity index (χ1n) is 20.5. The van der Waals surface area contributed by atoms with E-state index in [0.29, 0.717) is 25.0 Å². The molecule has 20 atom stereocenters. The maximum absolute atomic E-state index is 12.4. The molecule has 13 heteroatoms. The Morgan fingerprint density at radius 2 is 1.44 bits per heavy atom. The third-order valence-electron chi connectivity index (χ3n) is 16.6. The minimum atomic E-state index is -1.55. The van der Waals surface area contributed by atoms with E-state index in [1.165, 1.54) is 5.57 Å². The molecule has 13 nitrogen and oxygen atoms in total. The van der Waals surface area contributed by atoms with Gasteiger partial charge in [0.1, 0.15) is 42.7 Å². The number of hydrogen-bond donors (Lipinski definition) is 7. The van der Waals surface area contributed by atoms with Crippen LogP contribution in [-0.2, 0) is 28.4 Å². The van der Waals surface area contributed by atoms with Gasteiger partial charge in [0.2, 0.25) is 0 Å². The minimum absolute atomic E-state index is 0.0164. The fourth-order valence-electron chi connectivity index (χ4n) is 14.5. The zero-order valence-electron chi connectivity index (χ0n) is 33.1. The SMILES string of the molecule is CC(C)=C[C@@H]1CO[C@]23C[C@]4(CO2)[C@H](CC[C@@H]2[C@@]5(C)CC[C@H](O[C@@H]6O[C@H](CO)[C@@H](O)[C@H](O)[C@H]6O[C@@H]6O[C@@H](CO)[C@H](O)[C@H]6O)C[C@H]5C(C)(C)C[C@]24C)[C@H]3[C@@]1(C)O. The number of ether oxygens (including phenoxy) is 6. The largest absolute Gasteiger partial charge is 0.394 e. The number of allylic oxidation sites excluding steroid dienone is 1. The first-order valence-corrected chi connectivity index (χ1v) is 20.5. The van der Waals surface area contributed by atoms with Crippen LogP contribution in [0.2, 0.25) is 0 Å². The van der Waals surface area contributed by atoms with Gasteiger partial charge in [-0.2, -0.15) is 0 Å². The summed E-state index contributed by atoms with van der Waals surface area (Å²) in [4.78, 5) is 0. The van der Waals surface area contributed by atoms with Crippen molar-refractivity contribution in [1.82, 2.24) is 0 Å². The zero-order valence-corrected chi connectivity index (χ0v) is 33.1. The summed E-state index contributed by atoms with van der Waals surface area (Å²) in [5, 5.41) is 74.9. The van der Waals surface area contributed by atoms with E-state index in [1.807, 2.05) is 6.92 Å². The van der Waals surface area contributed by atoms with Gasteiger partial charge in [0.25, 0.3) is 0 Å². The molecule has 308 valence electrons. The minimum Gasteiger partial charge on any atom is -0.394 e. The molecule has 2 bridgehead atoms. The first kappa shape index (κ1) is 40.0. The molecular weight excluding hydrogens is 700 g/mol. The molecule has 4 saturated carbocycles. The Balaban J connectivity index is 1.04. The third-order valence-corrected chi connectivity index (χ3v) is 16.6. The number of hydrogen-bond acceptors (Lipinski definition) is 13. The Morgan fingerprint density at radius 3 is 2.11 bits per heavy atom. The maximum atomic E-state index is 12.4. The fraction of sp³-hybridized carbons (Fsp3) is 0.951. The number of aliphatic hydroxyl groups is 7. The van der Waals surface area contributed by atoms with Crippen LogP contribution in [0.25, 0.3) is 0 Å². The number of aliphatic hydroxyl groups excluding tert-OH is 6. The standard InChI is InChI=1S/C41H66O13/c1-20(2)12-21-16-49-41-18-40(19-50-41)23(33(41)39(21,7)48)8-9-26-37(5)11-10-22(13-27(37)36(3,4)17-38(26,40)6)51-35-32(30(46)28(44)24(14-42)53-35)54-34-31(47)29(45)25(15-43)52-34/h12,21-35,42-48H,8-11,13-19H2,1-7H3/t21-,22+,23-,24-,25+,26-,27+,28-,29+,30+,31-,32-,33+,34+,35-,37-,38-,39+,40+,41-/m1/s1. The highest BCUT2D eigenvalue weighted by molar-refractivity contribution is 5.27. The van der Waals surface area contributed by atoms with E-state index in [4.69, 9.17) is 28.4 Å². The van der Waals surface area contributed by atoms with Gasteiger partial charge < -0.3 is 64.2 Å². The molecule has 0 amide bonds. The van der Waals surface area contributed by atoms with Crippen molar-refractivity contribution in [2.75, 3.05) is 26.4 Å². The molecule has 0 aromatic rings. The Labute approximate surface area is 319 Å². The topological polar surface area (TPSA) is 197 Å². The molecule has 0 aromatic heterocycles. The summed E-state index contributed by atoms with van der Waals surface area (Å²) in [5.41, 5.74) is -0.0441. The normalized spacial score (nSPS) is 57.5. The van der Waals surface area contributed by atoms with Crippen molar-refractivity contribution in [1.29, 1.82) is 0 Å². The van der Waals surface area contributed by atoms with Gasteiger partial charge >= 0.3 is 0 Å². The molecule has 0 radical (unpaired) electrons. The molecule has 0 unspecified atom stereocenters. The second-order valence-electron chi connectivity index (χ2n) is 20.2. The molecule has 4 aliphatic carbocycles. The van der Waals surface area contributed by atoms with Crippen molar-refractivity contribution in [3.8, 4) is 0 Å². The average molecular weight is 767 g/mol. The highest BCUT2D eigenvalue weighted by atomic mass is 16.8. The zero-order chi connectivity index (χ0) is 39.0. The Morgan fingerprint density at radius 1 is 0.778 bits per heavy atom. The van der Waals surface area contributed by atoms with Crippen LogP contribution < -0.4 is 0 Å². The van der Waals surface area contributed by atoms with Crippen LogP contribution >= 0.6 is 0 Å². The van der Waals surface area contributed by atoms with Crippen LogP contribution in [-0.4, -0.2) is 135 Å². The second kappa shape index (κ2) is 13.4. The van der Waals surface area contributed by atoms with Crippen LogP contribution in [0.3, 0.4) is 0 Å². The van der Waals surface area contributed by atoms with Crippen LogP contribution in [0, 0.1) is 51.2 Å². The van der Waals surface area contributed by atoms with Crippen molar-refractivity contribution in [2.45, 2.75) is 166 Å². The van der Waals surface area contributed by atoms with Gasteiger partial charge in [0.15, 0.2) is 18.4 Å². The lowest BCUT2D eigenvalue weighted by molar-refractivity contribution is -0.351. The van der Waals surface area contributed by atoms with Gasteiger partial charge in [0, 0.05) is 23.7 Å². The van der Waals surface area contributed by atoms with Crippen molar-refractivity contribution in [2.24, 2.45) is 51.2 Å². The Kier molecular flexibility index (Phi) is 9.91. The van der Waals surface area contributed by atoms with E-state index in [-0.39, 0.29) is 45.5 Å². The number of fused-ring (bicyclic) bond motifs is 4. The summed E-state index contributed by atoms with van der Waals surface area (Å²) in [5.74, 6) is 0.0546. The van der Waals surface area contributed by atoms with E-state index in [0.717, 1.165) is 44.9 Å². The Hall–Kier alpha value is -0.780. The predicted octanol–water partition coefficient (Wildman–Crippen LogP) is 2.00. The van der Waals surface area contributed by atoms with Crippen molar-refractivity contribution in [3.63, 3.8) is 0 Å². The lowest BCUT2D eigenvalue weighted by Crippen LogP contribution is -2.68. The molecule has 54 heavy (non-hydrogen) atoms. The van der Waals surface area contributed by atoms with E-state index in [9.17, 15) is 35.7 Å². The van der Waals surface area contributed by atoms with Crippen molar-refractivity contribution < 1.29 is 64.2 Å². The van der Waals surface area contributed by atoms with Gasteiger partial charge in [-0.05, 0) is 93.3 Å². The van der Waals surface area contributed by atoms with E-state index in [2.05, 4.69) is 47.6 Å². The lowest BCUT2D eigenvalue weighted by Gasteiger charge is -2.71. The average Bonchev–Trinajstić information content (AvgIpc) is 3.73. The maximum Gasteiger partial charge on any atom is 0.187 e. The monoisotopic (exact) mass is 766 g/mol. The highest BCUT2D eigenvalue weighted by Crippen LogP contribution is 2.81. The molecule has 8 aliphatic rings. The summed E-state index contributed by atoms with van der Waals surface area (Å²) in [6.45, 7) is 16.0. The molecule has 4 heterocycles. The van der Waals surface area contributed by atoms with Crippen molar-refractivity contribution in [3.05, 3.63) is 11.6 Å². The molecule has 4 aliphatic heterocycles. The summed E-state index contributed by atoms with van der Waals surface area (Å²) >= 11 is 0. The molecular formula is C41H66O13. The molecule has 7 N–H and O–H groups in total. The number of rotatable bonds is 7. The molecule has 2 spiro atoms. The van der Waals surface area contributed by atoms with E-state index in [1.54, 1.807) is 0 Å².